The Morgan fingerprint density at radius 3 is 3.00 bits per heavy atom. The van der Waals surface area contributed by atoms with Gasteiger partial charge in [-0.25, -0.2) is 0 Å². The summed E-state index contributed by atoms with van der Waals surface area (Å²) in [7, 11) is 0. The molecule has 1 aromatic rings. The molecule has 15 heavy (non-hydrogen) atoms. The number of likely N-dealkylation sites (N-methyl/N-ethyl adjacent to an activating group) is 1. The van der Waals surface area contributed by atoms with Crippen LogP contribution >= 0.6 is 0 Å². The van der Waals surface area contributed by atoms with Gasteiger partial charge in [-0.15, -0.1) is 0 Å². The van der Waals surface area contributed by atoms with Crippen LogP contribution in [0, 0.1) is 10.1 Å². The zero-order chi connectivity index (χ0) is 10.8. The van der Waals surface area contributed by atoms with Gasteiger partial charge in [-0.1, -0.05) is 6.07 Å². The average Bonchev–Trinajstić information content (AvgIpc) is 2.58. The third-order valence-corrected chi connectivity index (χ3v) is 2.83. The second kappa shape index (κ2) is 3.88. The summed E-state index contributed by atoms with van der Waals surface area (Å²) in [5.41, 5.74) is 3.29. The van der Waals surface area contributed by atoms with Crippen LogP contribution in [0.4, 0.5) is 5.69 Å². The van der Waals surface area contributed by atoms with E-state index in [1.54, 1.807) is 0 Å². The third-order valence-electron chi connectivity index (χ3n) is 2.83. The Morgan fingerprint density at radius 2 is 2.33 bits per heavy atom. The maximum Gasteiger partial charge on any atom is 0.228 e. The van der Waals surface area contributed by atoms with Crippen LogP contribution in [0.5, 0.6) is 0 Å². The molecule has 0 saturated carbocycles. The van der Waals surface area contributed by atoms with E-state index in [0.717, 1.165) is 25.1 Å². The topological polar surface area (TPSA) is 46.4 Å². The predicted octanol–water partition coefficient (Wildman–Crippen LogP) is 1.85. The van der Waals surface area contributed by atoms with E-state index >= 15 is 0 Å². The number of fused-ring (bicyclic) bond motifs is 1. The molecule has 2 rings (SSSR count). The largest absolute Gasteiger partial charge is 0.371 e. The zero-order valence-corrected chi connectivity index (χ0v) is 8.77. The second-order valence-corrected chi connectivity index (χ2v) is 3.78. The number of nitro groups is 1. The molecule has 0 aromatic heterocycles. The van der Waals surface area contributed by atoms with Crippen LogP contribution in [-0.2, 0) is 13.0 Å². The zero-order valence-electron chi connectivity index (χ0n) is 8.77. The number of rotatable bonds is 3. The molecule has 0 amide bonds. The fourth-order valence-corrected chi connectivity index (χ4v) is 2.10. The van der Waals surface area contributed by atoms with E-state index in [4.69, 9.17) is 0 Å². The van der Waals surface area contributed by atoms with Gasteiger partial charge >= 0.3 is 0 Å². The van der Waals surface area contributed by atoms with Crippen molar-refractivity contribution in [2.45, 2.75) is 19.9 Å². The molecule has 1 aromatic carbocycles. The Kier molecular flexibility index (Phi) is 2.58. The van der Waals surface area contributed by atoms with Crippen molar-refractivity contribution in [3.05, 3.63) is 39.4 Å². The van der Waals surface area contributed by atoms with Gasteiger partial charge in [0.1, 0.15) is 0 Å². The van der Waals surface area contributed by atoms with Gasteiger partial charge in [0.05, 0.1) is 0 Å². The Bertz CT molecular complexity index is 390. The van der Waals surface area contributed by atoms with Gasteiger partial charge in [0.25, 0.3) is 0 Å². The van der Waals surface area contributed by atoms with Gasteiger partial charge in [-0.3, -0.25) is 10.1 Å². The SMILES string of the molecule is CCN1CCc2cc(C[N+](=O)[O-])ccc21. The molecular formula is C11H14N2O2. The molecule has 1 aliphatic heterocycles. The number of hydrogen-bond acceptors (Lipinski definition) is 3. The van der Waals surface area contributed by atoms with Gasteiger partial charge in [0, 0.05) is 29.3 Å². The van der Waals surface area contributed by atoms with Crippen LogP contribution in [0.25, 0.3) is 0 Å². The van der Waals surface area contributed by atoms with Crippen molar-refractivity contribution in [3.8, 4) is 0 Å². The van der Waals surface area contributed by atoms with Crippen LogP contribution < -0.4 is 4.90 Å². The predicted molar refractivity (Wildman–Crippen MR) is 58.7 cm³/mol. The second-order valence-electron chi connectivity index (χ2n) is 3.78. The monoisotopic (exact) mass is 206 g/mol. The Balaban J connectivity index is 2.25. The fourth-order valence-electron chi connectivity index (χ4n) is 2.10. The lowest BCUT2D eigenvalue weighted by Crippen LogP contribution is -2.19. The van der Waals surface area contributed by atoms with E-state index in [1.165, 1.54) is 11.3 Å². The highest BCUT2D eigenvalue weighted by atomic mass is 16.6. The summed E-state index contributed by atoms with van der Waals surface area (Å²) in [4.78, 5) is 12.4. The van der Waals surface area contributed by atoms with Crippen molar-refractivity contribution in [3.63, 3.8) is 0 Å². The molecule has 0 bridgehead atoms. The van der Waals surface area contributed by atoms with Crippen molar-refractivity contribution in [2.24, 2.45) is 0 Å². The van der Waals surface area contributed by atoms with Gasteiger partial charge in [0.15, 0.2) is 0 Å². The molecule has 0 aliphatic carbocycles. The first-order valence-electron chi connectivity index (χ1n) is 5.19. The summed E-state index contributed by atoms with van der Waals surface area (Å²) < 4.78 is 0. The smallest absolute Gasteiger partial charge is 0.228 e. The summed E-state index contributed by atoms with van der Waals surface area (Å²) in [6, 6.07) is 5.83. The van der Waals surface area contributed by atoms with Crippen LogP contribution in [0.2, 0.25) is 0 Å². The summed E-state index contributed by atoms with van der Waals surface area (Å²) >= 11 is 0. The Morgan fingerprint density at radius 1 is 1.53 bits per heavy atom. The van der Waals surface area contributed by atoms with Gasteiger partial charge in [-0.2, -0.15) is 0 Å². The summed E-state index contributed by atoms with van der Waals surface area (Å²) in [6.45, 7) is 4.09. The van der Waals surface area contributed by atoms with Gasteiger partial charge < -0.3 is 4.90 Å². The number of nitrogens with zero attached hydrogens (tertiary/aromatic N) is 2. The minimum absolute atomic E-state index is 0.0700. The quantitative estimate of drug-likeness (QED) is 0.560. The van der Waals surface area contributed by atoms with Crippen molar-refractivity contribution < 1.29 is 4.92 Å². The van der Waals surface area contributed by atoms with E-state index in [9.17, 15) is 10.1 Å². The number of benzene rings is 1. The Labute approximate surface area is 88.7 Å². The summed E-state index contributed by atoms with van der Waals surface area (Å²) in [5.74, 6) is 0. The average molecular weight is 206 g/mol. The lowest BCUT2D eigenvalue weighted by molar-refractivity contribution is -0.496. The highest BCUT2D eigenvalue weighted by molar-refractivity contribution is 5.58. The highest BCUT2D eigenvalue weighted by Crippen LogP contribution is 2.28. The molecule has 0 radical (unpaired) electrons. The lowest BCUT2D eigenvalue weighted by Gasteiger charge is -2.16. The molecular weight excluding hydrogens is 192 g/mol. The van der Waals surface area contributed by atoms with Gasteiger partial charge in [-0.05, 0) is 31.0 Å². The van der Waals surface area contributed by atoms with Crippen LogP contribution in [0.15, 0.2) is 18.2 Å². The van der Waals surface area contributed by atoms with Gasteiger partial charge in [0.2, 0.25) is 6.54 Å². The van der Waals surface area contributed by atoms with Crippen molar-refractivity contribution >= 4 is 5.69 Å². The van der Waals surface area contributed by atoms with E-state index < -0.39 is 0 Å². The van der Waals surface area contributed by atoms with Crippen molar-refractivity contribution in [1.29, 1.82) is 0 Å². The maximum atomic E-state index is 10.4. The molecule has 80 valence electrons. The number of anilines is 1. The van der Waals surface area contributed by atoms with Crippen LogP contribution in [0.1, 0.15) is 18.1 Å². The van der Waals surface area contributed by atoms with E-state index in [1.807, 2.05) is 18.2 Å². The first kappa shape index (κ1) is 9.96. The molecule has 0 N–H and O–H groups in total. The molecule has 0 atom stereocenters. The molecule has 4 nitrogen and oxygen atoms in total. The molecule has 0 saturated heterocycles. The molecule has 1 aliphatic rings. The normalized spacial score (nSPS) is 14.1. The van der Waals surface area contributed by atoms with E-state index in [-0.39, 0.29) is 11.5 Å². The Hall–Kier alpha value is -1.58. The summed E-state index contributed by atoms with van der Waals surface area (Å²) in [5, 5.41) is 10.4. The van der Waals surface area contributed by atoms with Crippen LogP contribution in [-0.4, -0.2) is 18.0 Å². The molecule has 0 spiro atoms. The molecule has 0 fully saturated rings. The lowest BCUT2D eigenvalue weighted by atomic mass is 10.1. The summed E-state index contributed by atoms with van der Waals surface area (Å²) in [6.07, 6.45) is 1.01. The first-order valence-corrected chi connectivity index (χ1v) is 5.19. The fraction of sp³-hybridized carbons (Fsp3) is 0.455. The minimum Gasteiger partial charge on any atom is -0.371 e. The van der Waals surface area contributed by atoms with Crippen molar-refractivity contribution in [2.75, 3.05) is 18.0 Å². The van der Waals surface area contributed by atoms with Crippen molar-refractivity contribution in [1.82, 2.24) is 0 Å². The number of hydrogen-bond donors (Lipinski definition) is 0. The minimum atomic E-state index is -0.283. The molecule has 1 heterocycles. The van der Waals surface area contributed by atoms with E-state index in [2.05, 4.69) is 11.8 Å². The first-order chi connectivity index (χ1) is 7.20. The standard InChI is InChI=1S/C11H14N2O2/c1-2-12-6-5-10-7-9(8-13(14)15)3-4-11(10)12/h3-4,7H,2,5-6,8H2,1H3. The third kappa shape index (κ3) is 1.93. The van der Waals surface area contributed by atoms with E-state index in [0.29, 0.717) is 0 Å². The molecule has 4 heteroatoms. The molecule has 0 unspecified atom stereocenters. The maximum absolute atomic E-state index is 10.4. The van der Waals surface area contributed by atoms with Crippen LogP contribution in [0.3, 0.4) is 0 Å². The highest BCUT2D eigenvalue weighted by Gasteiger charge is 2.18.